The molecular formula is C12H14FO. The van der Waals surface area contributed by atoms with Gasteiger partial charge in [0.2, 0.25) is 0 Å². The van der Waals surface area contributed by atoms with Gasteiger partial charge in [-0.25, -0.2) is 0 Å². The topological polar surface area (TPSA) is 9.23 Å². The monoisotopic (exact) mass is 193 g/mol. The molecule has 1 radical (unpaired) electrons. The van der Waals surface area contributed by atoms with Crippen molar-refractivity contribution in [2.24, 2.45) is 0 Å². The summed E-state index contributed by atoms with van der Waals surface area (Å²) in [5.74, 6) is 1.36. The first-order valence-corrected chi connectivity index (χ1v) is 4.42. The third-order valence-electron chi connectivity index (χ3n) is 2.13. The van der Waals surface area contributed by atoms with Gasteiger partial charge in [0, 0.05) is 17.0 Å². The number of hydrogen-bond acceptors (Lipinski definition) is 1. The van der Waals surface area contributed by atoms with E-state index in [1.165, 1.54) is 0 Å². The van der Waals surface area contributed by atoms with E-state index in [9.17, 15) is 4.39 Å². The lowest BCUT2D eigenvalue weighted by Crippen LogP contribution is -2.01. The fourth-order valence-electron chi connectivity index (χ4n) is 1.35. The van der Waals surface area contributed by atoms with Gasteiger partial charge in [0.1, 0.15) is 5.75 Å². The summed E-state index contributed by atoms with van der Waals surface area (Å²) in [7, 11) is 1.58. The van der Waals surface area contributed by atoms with Crippen molar-refractivity contribution in [1.29, 1.82) is 0 Å². The molecule has 0 bridgehead atoms. The minimum atomic E-state index is -0.461. The van der Waals surface area contributed by atoms with Gasteiger partial charge in [0.25, 0.3) is 0 Å². The van der Waals surface area contributed by atoms with Crippen molar-refractivity contribution in [2.45, 2.75) is 6.92 Å². The van der Waals surface area contributed by atoms with Gasteiger partial charge in [0.15, 0.2) is 0 Å². The minimum Gasteiger partial charge on any atom is -0.496 e. The van der Waals surface area contributed by atoms with Gasteiger partial charge in [-0.05, 0) is 0 Å². The summed E-state index contributed by atoms with van der Waals surface area (Å²) < 4.78 is 17.7. The number of rotatable bonds is 4. The molecular weight excluding hydrogens is 179 g/mol. The van der Waals surface area contributed by atoms with E-state index in [4.69, 9.17) is 4.74 Å². The highest BCUT2D eigenvalue weighted by molar-refractivity contribution is 5.61. The van der Waals surface area contributed by atoms with Crippen LogP contribution in [-0.2, 0) is 0 Å². The van der Waals surface area contributed by atoms with Crippen LogP contribution in [0.1, 0.15) is 18.1 Å². The van der Waals surface area contributed by atoms with E-state index in [0.29, 0.717) is 11.7 Å². The first-order valence-electron chi connectivity index (χ1n) is 4.42. The SMILES string of the molecule is C=Cc1cccc([C](C)CF)c1OC. The number of halogens is 1. The molecule has 75 valence electrons. The van der Waals surface area contributed by atoms with E-state index in [0.717, 1.165) is 11.1 Å². The number of hydrogen-bond donors (Lipinski definition) is 0. The van der Waals surface area contributed by atoms with E-state index < -0.39 is 6.67 Å². The second kappa shape index (κ2) is 4.80. The van der Waals surface area contributed by atoms with Crippen molar-refractivity contribution < 1.29 is 9.13 Å². The zero-order chi connectivity index (χ0) is 10.6. The molecule has 0 heterocycles. The maximum atomic E-state index is 12.5. The lowest BCUT2D eigenvalue weighted by atomic mass is 9.98. The molecule has 14 heavy (non-hydrogen) atoms. The van der Waals surface area contributed by atoms with Crippen LogP contribution in [0.4, 0.5) is 4.39 Å². The average molecular weight is 193 g/mol. The van der Waals surface area contributed by atoms with Crippen LogP contribution >= 0.6 is 0 Å². The molecule has 0 fully saturated rings. The Morgan fingerprint density at radius 3 is 2.79 bits per heavy atom. The Morgan fingerprint density at radius 2 is 2.29 bits per heavy atom. The van der Waals surface area contributed by atoms with E-state index in [1.807, 2.05) is 18.2 Å². The van der Waals surface area contributed by atoms with Gasteiger partial charge in [-0.1, -0.05) is 37.8 Å². The van der Waals surface area contributed by atoms with Crippen LogP contribution in [0.2, 0.25) is 0 Å². The van der Waals surface area contributed by atoms with E-state index in [-0.39, 0.29) is 0 Å². The molecule has 1 aromatic rings. The van der Waals surface area contributed by atoms with E-state index in [1.54, 1.807) is 20.1 Å². The average Bonchev–Trinajstić information content (AvgIpc) is 2.26. The highest BCUT2D eigenvalue weighted by atomic mass is 19.1. The molecule has 0 aliphatic carbocycles. The van der Waals surface area contributed by atoms with Crippen LogP contribution in [0.25, 0.3) is 6.08 Å². The van der Waals surface area contributed by atoms with Crippen LogP contribution in [0, 0.1) is 5.92 Å². The third kappa shape index (κ3) is 1.95. The summed E-state index contributed by atoms with van der Waals surface area (Å²) >= 11 is 0. The van der Waals surface area contributed by atoms with Gasteiger partial charge < -0.3 is 4.74 Å². The Labute approximate surface area is 84.2 Å². The van der Waals surface area contributed by atoms with Crippen molar-refractivity contribution in [1.82, 2.24) is 0 Å². The number of benzene rings is 1. The Balaban J connectivity index is 3.21. The number of para-hydroxylation sites is 1. The molecule has 0 aliphatic rings. The van der Waals surface area contributed by atoms with Gasteiger partial charge in [-0.3, -0.25) is 4.39 Å². The summed E-state index contributed by atoms with van der Waals surface area (Å²) in [5.41, 5.74) is 1.70. The minimum absolute atomic E-state index is 0.461. The second-order valence-electron chi connectivity index (χ2n) is 3.05. The lowest BCUT2D eigenvalue weighted by Gasteiger charge is -2.14. The van der Waals surface area contributed by atoms with Crippen molar-refractivity contribution in [2.75, 3.05) is 13.8 Å². The molecule has 0 spiro atoms. The molecule has 0 aromatic heterocycles. The number of alkyl halides is 1. The molecule has 1 nitrogen and oxygen atoms in total. The molecule has 1 aromatic carbocycles. The van der Waals surface area contributed by atoms with Crippen molar-refractivity contribution in [3.63, 3.8) is 0 Å². The van der Waals surface area contributed by atoms with Gasteiger partial charge in [0.05, 0.1) is 13.8 Å². The quantitative estimate of drug-likeness (QED) is 0.713. The maximum absolute atomic E-state index is 12.5. The van der Waals surface area contributed by atoms with Crippen LogP contribution in [-0.4, -0.2) is 13.8 Å². The van der Waals surface area contributed by atoms with E-state index in [2.05, 4.69) is 6.58 Å². The third-order valence-corrected chi connectivity index (χ3v) is 2.13. The molecule has 0 aliphatic heterocycles. The predicted octanol–water partition coefficient (Wildman–Crippen LogP) is 3.25. The Morgan fingerprint density at radius 1 is 1.57 bits per heavy atom. The molecule has 2 heteroatoms. The fourth-order valence-corrected chi connectivity index (χ4v) is 1.35. The van der Waals surface area contributed by atoms with Crippen LogP contribution in [0.15, 0.2) is 24.8 Å². The summed E-state index contributed by atoms with van der Waals surface area (Å²) in [4.78, 5) is 0. The van der Waals surface area contributed by atoms with Crippen LogP contribution in [0.3, 0.4) is 0 Å². The highest BCUT2D eigenvalue weighted by Crippen LogP contribution is 2.30. The Hall–Kier alpha value is -1.31. The summed E-state index contributed by atoms with van der Waals surface area (Å²) in [6.45, 7) is 4.98. The van der Waals surface area contributed by atoms with Crippen molar-refractivity contribution >= 4 is 6.08 Å². The molecule has 0 atom stereocenters. The summed E-state index contributed by atoms with van der Waals surface area (Å²) in [6, 6.07) is 5.61. The molecule has 0 amide bonds. The Bertz CT molecular complexity index is 320. The van der Waals surface area contributed by atoms with Gasteiger partial charge in [-0.2, -0.15) is 0 Å². The van der Waals surface area contributed by atoms with Gasteiger partial charge in [-0.15, -0.1) is 0 Å². The zero-order valence-electron chi connectivity index (χ0n) is 8.51. The molecule has 0 N–H and O–H groups in total. The van der Waals surface area contributed by atoms with E-state index >= 15 is 0 Å². The Kier molecular flexibility index (Phi) is 3.69. The van der Waals surface area contributed by atoms with Crippen LogP contribution in [0.5, 0.6) is 5.75 Å². The molecule has 0 saturated carbocycles. The van der Waals surface area contributed by atoms with Crippen molar-refractivity contribution in [3.05, 3.63) is 41.8 Å². The second-order valence-corrected chi connectivity index (χ2v) is 3.05. The normalized spacial score (nSPS) is 10.3. The first-order chi connectivity index (χ1) is 6.74. The lowest BCUT2D eigenvalue weighted by molar-refractivity contribution is 0.407. The number of ether oxygens (including phenoxy) is 1. The molecule has 0 saturated heterocycles. The molecule has 0 unspecified atom stereocenters. The fraction of sp³-hybridized carbons (Fsp3) is 0.250. The van der Waals surface area contributed by atoms with Crippen molar-refractivity contribution in [3.8, 4) is 5.75 Å². The highest BCUT2D eigenvalue weighted by Gasteiger charge is 2.13. The smallest absolute Gasteiger partial charge is 0.129 e. The largest absolute Gasteiger partial charge is 0.496 e. The number of methoxy groups -OCH3 is 1. The summed E-state index contributed by atoms with van der Waals surface area (Å²) in [5, 5.41) is 0. The van der Waals surface area contributed by atoms with Gasteiger partial charge >= 0.3 is 0 Å². The predicted molar refractivity (Wildman–Crippen MR) is 57.1 cm³/mol. The standard InChI is InChI=1S/C12H14FO/c1-4-10-6-5-7-11(9(2)8-13)12(10)14-3/h4-7H,1,8H2,2-3H3. The first kappa shape index (κ1) is 10.8. The summed E-state index contributed by atoms with van der Waals surface area (Å²) in [6.07, 6.45) is 1.70. The maximum Gasteiger partial charge on any atom is 0.129 e. The molecule has 1 rings (SSSR count). The van der Waals surface area contributed by atoms with Crippen LogP contribution < -0.4 is 4.74 Å². The zero-order valence-corrected chi connectivity index (χ0v) is 8.51.